The minimum absolute atomic E-state index is 0.101. The van der Waals surface area contributed by atoms with E-state index in [-0.39, 0.29) is 5.91 Å². The fourth-order valence-corrected chi connectivity index (χ4v) is 2.79. The van der Waals surface area contributed by atoms with Crippen molar-refractivity contribution in [2.75, 3.05) is 11.9 Å². The number of carbonyl (C=O) groups excluding carboxylic acids is 1. The molecule has 1 amide bonds. The predicted molar refractivity (Wildman–Crippen MR) is 80.0 cm³/mol. The first kappa shape index (κ1) is 14.5. The first-order chi connectivity index (χ1) is 9.15. The van der Waals surface area contributed by atoms with E-state index in [4.69, 9.17) is 23.2 Å². The van der Waals surface area contributed by atoms with E-state index in [0.29, 0.717) is 29.1 Å². The quantitative estimate of drug-likeness (QED) is 0.867. The number of anilines is 1. The Kier molecular flexibility index (Phi) is 5.34. The van der Waals surface area contributed by atoms with Crippen molar-refractivity contribution in [2.24, 2.45) is 0 Å². The molecule has 2 rings (SSSR count). The van der Waals surface area contributed by atoms with Crippen LogP contribution in [0.25, 0.3) is 0 Å². The highest BCUT2D eigenvalue weighted by atomic mass is 35.5. The predicted octanol–water partition coefficient (Wildman–Crippen LogP) is 3.85. The minimum Gasteiger partial charge on any atom is -0.383 e. The van der Waals surface area contributed by atoms with E-state index in [0.717, 1.165) is 18.5 Å². The molecule has 2 N–H and O–H groups in total. The Hall–Kier alpha value is -0.930. The molecule has 0 aromatic heterocycles. The Balaban J connectivity index is 1.72. The third-order valence-corrected chi connectivity index (χ3v) is 3.87. The molecule has 1 aliphatic carbocycles. The van der Waals surface area contributed by atoms with Gasteiger partial charge in [-0.3, -0.25) is 4.79 Å². The molecule has 1 aromatic rings. The summed E-state index contributed by atoms with van der Waals surface area (Å²) in [6.45, 7) is 0.569. The molecule has 0 radical (unpaired) electrons. The summed E-state index contributed by atoms with van der Waals surface area (Å²) < 4.78 is 0. The fourth-order valence-electron chi connectivity index (χ4n) is 2.31. The van der Waals surface area contributed by atoms with Crippen LogP contribution >= 0.6 is 23.2 Å². The van der Waals surface area contributed by atoms with Crippen LogP contribution in [0.3, 0.4) is 0 Å². The molecule has 104 valence electrons. The third-order valence-electron chi connectivity index (χ3n) is 3.32. The van der Waals surface area contributed by atoms with Crippen molar-refractivity contribution in [1.82, 2.24) is 5.32 Å². The normalized spacial score (nSPS) is 15.5. The lowest BCUT2D eigenvalue weighted by atomic mass is 10.2. The van der Waals surface area contributed by atoms with E-state index in [1.807, 2.05) is 6.07 Å². The Morgan fingerprint density at radius 1 is 1.26 bits per heavy atom. The van der Waals surface area contributed by atoms with Crippen LogP contribution in [0.2, 0.25) is 10.0 Å². The zero-order valence-electron chi connectivity index (χ0n) is 10.7. The summed E-state index contributed by atoms with van der Waals surface area (Å²) in [6.07, 6.45) is 5.13. The van der Waals surface area contributed by atoms with Gasteiger partial charge in [0.1, 0.15) is 0 Å². The summed E-state index contributed by atoms with van der Waals surface area (Å²) in [5.74, 6) is 0.101. The van der Waals surface area contributed by atoms with Crippen LogP contribution in [0.4, 0.5) is 5.69 Å². The summed E-state index contributed by atoms with van der Waals surface area (Å²) in [4.78, 5) is 11.7. The SMILES string of the molecule is O=C(CCNc1ccc(Cl)cc1Cl)NC1CCCC1. The van der Waals surface area contributed by atoms with Crippen LogP contribution in [-0.2, 0) is 4.79 Å². The van der Waals surface area contributed by atoms with Gasteiger partial charge in [0.25, 0.3) is 0 Å². The Morgan fingerprint density at radius 3 is 2.68 bits per heavy atom. The van der Waals surface area contributed by atoms with Gasteiger partial charge in [0, 0.05) is 24.0 Å². The molecule has 19 heavy (non-hydrogen) atoms. The van der Waals surface area contributed by atoms with Crippen LogP contribution in [0.1, 0.15) is 32.1 Å². The lowest BCUT2D eigenvalue weighted by Crippen LogP contribution is -2.33. The maximum atomic E-state index is 11.7. The van der Waals surface area contributed by atoms with Crippen LogP contribution < -0.4 is 10.6 Å². The smallest absolute Gasteiger partial charge is 0.221 e. The molecule has 1 aliphatic rings. The van der Waals surface area contributed by atoms with Crippen molar-refractivity contribution in [3.63, 3.8) is 0 Å². The largest absolute Gasteiger partial charge is 0.383 e. The van der Waals surface area contributed by atoms with Gasteiger partial charge in [-0.2, -0.15) is 0 Å². The van der Waals surface area contributed by atoms with E-state index in [1.165, 1.54) is 12.8 Å². The molecule has 5 heteroatoms. The van der Waals surface area contributed by atoms with Gasteiger partial charge in [-0.1, -0.05) is 36.0 Å². The lowest BCUT2D eigenvalue weighted by molar-refractivity contribution is -0.121. The molecule has 0 atom stereocenters. The maximum absolute atomic E-state index is 11.7. The molecular weight excluding hydrogens is 283 g/mol. The number of hydrogen-bond donors (Lipinski definition) is 2. The molecule has 1 fully saturated rings. The second kappa shape index (κ2) is 7.01. The summed E-state index contributed by atoms with van der Waals surface area (Å²) in [5.41, 5.74) is 0.805. The van der Waals surface area contributed by atoms with Crippen molar-refractivity contribution in [2.45, 2.75) is 38.1 Å². The topological polar surface area (TPSA) is 41.1 Å². The highest BCUT2D eigenvalue weighted by Crippen LogP contribution is 2.25. The van der Waals surface area contributed by atoms with Gasteiger partial charge >= 0.3 is 0 Å². The highest BCUT2D eigenvalue weighted by molar-refractivity contribution is 6.36. The van der Waals surface area contributed by atoms with Gasteiger partial charge in [0.15, 0.2) is 0 Å². The van der Waals surface area contributed by atoms with Gasteiger partial charge in [-0.05, 0) is 31.0 Å². The number of rotatable bonds is 5. The first-order valence-corrected chi connectivity index (χ1v) is 7.39. The minimum atomic E-state index is 0.101. The van der Waals surface area contributed by atoms with Crippen molar-refractivity contribution in [3.05, 3.63) is 28.2 Å². The van der Waals surface area contributed by atoms with Crippen molar-refractivity contribution in [3.8, 4) is 0 Å². The van der Waals surface area contributed by atoms with Crippen LogP contribution in [-0.4, -0.2) is 18.5 Å². The van der Waals surface area contributed by atoms with E-state index >= 15 is 0 Å². The Bertz CT molecular complexity index is 445. The second-order valence-electron chi connectivity index (χ2n) is 4.85. The monoisotopic (exact) mass is 300 g/mol. The molecule has 0 spiro atoms. The molecule has 0 bridgehead atoms. The first-order valence-electron chi connectivity index (χ1n) is 6.63. The van der Waals surface area contributed by atoms with E-state index in [9.17, 15) is 4.79 Å². The van der Waals surface area contributed by atoms with Crippen molar-refractivity contribution < 1.29 is 4.79 Å². The zero-order valence-corrected chi connectivity index (χ0v) is 12.2. The van der Waals surface area contributed by atoms with Gasteiger partial charge in [0.2, 0.25) is 5.91 Å². The van der Waals surface area contributed by atoms with Crippen LogP contribution in [0.5, 0.6) is 0 Å². The molecule has 0 aliphatic heterocycles. The van der Waals surface area contributed by atoms with E-state index in [1.54, 1.807) is 12.1 Å². The third kappa shape index (κ3) is 4.59. The molecule has 1 aromatic carbocycles. The molecule has 0 unspecified atom stereocenters. The molecule has 0 saturated heterocycles. The zero-order chi connectivity index (χ0) is 13.7. The maximum Gasteiger partial charge on any atom is 0.221 e. The molecule has 3 nitrogen and oxygen atoms in total. The Morgan fingerprint density at radius 2 is 2.00 bits per heavy atom. The summed E-state index contributed by atoms with van der Waals surface area (Å²) in [7, 11) is 0. The number of carbonyl (C=O) groups is 1. The highest BCUT2D eigenvalue weighted by Gasteiger charge is 2.16. The number of hydrogen-bond acceptors (Lipinski definition) is 2. The number of halogens is 2. The van der Waals surface area contributed by atoms with Crippen molar-refractivity contribution in [1.29, 1.82) is 0 Å². The number of amides is 1. The molecule has 0 heterocycles. The Labute approximate surface area is 123 Å². The summed E-state index contributed by atoms with van der Waals surface area (Å²) >= 11 is 11.9. The van der Waals surface area contributed by atoms with Gasteiger partial charge < -0.3 is 10.6 Å². The number of benzene rings is 1. The summed E-state index contributed by atoms with van der Waals surface area (Å²) in [5, 5.41) is 7.38. The standard InChI is InChI=1S/C14H18Cl2N2O/c15-10-5-6-13(12(16)9-10)17-8-7-14(19)18-11-3-1-2-4-11/h5-6,9,11,17H,1-4,7-8H2,(H,18,19). The van der Waals surface area contributed by atoms with E-state index in [2.05, 4.69) is 10.6 Å². The van der Waals surface area contributed by atoms with Crippen LogP contribution in [0.15, 0.2) is 18.2 Å². The molecular formula is C14H18Cl2N2O. The summed E-state index contributed by atoms with van der Waals surface area (Å²) in [6, 6.07) is 5.66. The van der Waals surface area contributed by atoms with E-state index < -0.39 is 0 Å². The van der Waals surface area contributed by atoms with Gasteiger partial charge in [-0.15, -0.1) is 0 Å². The average molecular weight is 301 g/mol. The lowest BCUT2D eigenvalue weighted by Gasteiger charge is -2.13. The fraction of sp³-hybridized carbons (Fsp3) is 0.500. The van der Waals surface area contributed by atoms with Crippen LogP contribution in [0, 0.1) is 0 Å². The molecule has 1 saturated carbocycles. The number of nitrogens with one attached hydrogen (secondary N) is 2. The average Bonchev–Trinajstić information content (AvgIpc) is 2.84. The second-order valence-corrected chi connectivity index (χ2v) is 5.69. The van der Waals surface area contributed by atoms with Gasteiger partial charge in [0.05, 0.1) is 10.7 Å². The van der Waals surface area contributed by atoms with Gasteiger partial charge in [-0.25, -0.2) is 0 Å². The van der Waals surface area contributed by atoms with Crippen molar-refractivity contribution >= 4 is 34.8 Å².